The van der Waals surface area contributed by atoms with Gasteiger partial charge in [0.1, 0.15) is 30.2 Å². The van der Waals surface area contributed by atoms with Crippen LogP contribution in [0.1, 0.15) is 44.6 Å². The molecule has 4 rings (SSSR count). The number of carboxylic acids is 1. The summed E-state index contributed by atoms with van der Waals surface area (Å²) in [6, 6.07) is 5.21. The lowest BCUT2D eigenvalue weighted by Gasteiger charge is -2.46. The molecule has 3 aromatic rings. The SMILES string of the molecule is CC(=O)NCCOCCOCCOCCOCCNc1c(NCCCCCCO[C@]2(C(=O)O)C[C@H](O)[C@@H](NC(=O)CO)[C@H]([C@H](O)[C@H](O)CNC(=O)Cc3ccc(-c4nn[nH]n4)cc3)O2)c(=O)c1=O. The van der Waals surface area contributed by atoms with Crippen molar-refractivity contribution >= 4 is 35.1 Å². The fourth-order valence-corrected chi connectivity index (χ4v) is 6.88. The van der Waals surface area contributed by atoms with E-state index < -0.39 is 84.5 Å². The molecule has 0 unspecified atom stereocenters. The molecule has 3 amide bonds. The Kier molecular flexibility index (Phi) is 23.8. The molecule has 1 aromatic heterocycles. The van der Waals surface area contributed by atoms with Crippen LogP contribution >= 0.6 is 0 Å². The molecule has 26 heteroatoms. The van der Waals surface area contributed by atoms with Crippen LogP contribution in [-0.2, 0) is 54.0 Å². The molecule has 0 spiro atoms. The van der Waals surface area contributed by atoms with Gasteiger partial charge in [0.25, 0.3) is 16.6 Å². The molecule has 26 nitrogen and oxygen atoms in total. The minimum atomic E-state index is -2.51. The summed E-state index contributed by atoms with van der Waals surface area (Å²) in [5.41, 5.74) is 0.341. The van der Waals surface area contributed by atoms with Crippen molar-refractivity contribution in [3.05, 3.63) is 50.3 Å². The second-order valence-electron chi connectivity index (χ2n) is 15.6. The predicted molar refractivity (Wildman–Crippen MR) is 238 cm³/mol. The average Bonchev–Trinajstić information content (AvgIpc) is 3.87. The zero-order chi connectivity index (χ0) is 49.3. The molecule has 378 valence electrons. The Balaban J connectivity index is 1.13. The van der Waals surface area contributed by atoms with Gasteiger partial charge in [0, 0.05) is 45.1 Å². The van der Waals surface area contributed by atoms with Gasteiger partial charge in [-0.3, -0.25) is 24.0 Å². The van der Waals surface area contributed by atoms with Gasteiger partial charge in [0.15, 0.2) is 0 Å². The highest BCUT2D eigenvalue weighted by Crippen LogP contribution is 2.34. The number of rotatable bonds is 35. The van der Waals surface area contributed by atoms with Crippen LogP contribution in [0.2, 0.25) is 0 Å². The highest BCUT2D eigenvalue weighted by atomic mass is 16.7. The fraction of sp³-hybridized carbons (Fsp3) is 0.643. The van der Waals surface area contributed by atoms with Crippen molar-refractivity contribution in [2.45, 2.75) is 81.7 Å². The van der Waals surface area contributed by atoms with Gasteiger partial charge in [-0.2, -0.15) is 5.21 Å². The number of H-pyrrole nitrogens is 1. The van der Waals surface area contributed by atoms with Crippen LogP contribution in [0.3, 0.4) is 0 Å². The number of hydrogen-bond donors (Lipinski definition) is 11. The van der Waals surface area contributed by atoms with E-state index in [0.29, 0.717) is 102 Å². The fourth-order valence-electron chi connectivity index (χ4n) is 6.88. The molecule has 1 aliphatic rings. The van der Waals surface area contributed by atoms with Crippen LogP contribution in [0, 0.1) is 0 Å². The Labute approximate surface area is 390 Å². The predicted octanol–water partition coefficient (Wildman–Crippen LogP) is -3.45. The van der Waals surface area contributed by atoms with E-state index in [4.69, 9.17) is 28.4 Å². The van der Waals surface area contributed by atoms with Crippen molar-refractivity contribution in [1.82, 2.24) is 36.6 Å². The summed E-state index contributed by atoms with van der Waals surface area (Å²) in [4.78, 5) is 72.6. The minimum Gasteiger partial charge on any atom is -0.477 e. The van der Waals surface area contributed by atoms with E-state index in [9.17, 15) is 54.3 Å². The molecule has 1 fully saturated rings. The highest BCUT2D eigenvalue weighted by molar-refractivity contribution is 5.79. The van der Waals surface area contributed by atoms with Crippen LogP contribution in [-0.4, -0.2) is 198 Å². The summed E-state index contributed by atoms with van der Waals surface area (Å²) in [6.07, 6.45) is -6.00. The van der Waals surface area contributed by atoms with Crippen LogP contribution in [0.5, 0.6) is 0 Å². The third-order valence-corrected chi connectivity index (χ3v) is 10.4. The minimum absolute atomic E-state index is 0.107. The number of amides is 3. The first-order valence-electron chi connectivity index (χ1n) is 22.2. The standard InChI is InChI=1S/C42H63N9O17/c1-26(53)43-11-14-63-16-18-65-20-21-66-19-17-64-15-12-45-35-34(37(59)38(35)60)44-10-4-2-3-5-13-67-42(41(61)62)23-29(54)33(47-32(57)25-52)39(68-42)36(58)30(55)24-46-31(56)22-27-6-8-28(9-7-27)40-48-50-51-49-40/h6-9,29-30,33,36,39,44-45,52,54-55,58H,2-5,10-25H2,1H3,(H,43,53)(H,46,56)(H,47,57)(H,61,62)(H,48,49,50,51)/t29-,30+,33+,36+,39+,42+/m0/s1. The van der Waals surface area contributed by atoms with E-state index in [1.807, 2.05) is 0 Å². The number of aromatic amines is 1. The smallest absolute Gasteiger partial charge is 0.364 e. The van der Waals surface area contributed by atoms with E-state index in [-0.39, 0.29) is 43.5 Å². The van der Waals surface area contributed by atoms with E-state index >= 15 is 0 Å². The molecule has 6 atom stereocenters. The Hall–Kier alpha value is -5.55. The molecule has 68 heavy (non-hydrogen) atoms. The van der Waals surface area contributed by atoms with Crippen molar-refractivity contribution in [2.75, 3.05) is 103 Å². The number of tetrazole rings is 1. The lowest BCUT2D eigenvalue weighted by atomic mass is 9.88. The second-order valence-corrected chi connectivity index (χ2v) is 15.6. The lowest BCUT2D eigenvalue weighted by molar-refractivity contribution is -0.310. The van der Waals surface area contributed by atoms with Gasteiger partial charge >= 0.3 is 5.97 Å². The first-order chi connectivity index (χ1) is 32.8. The van der Waals surface area contributed by atoms with E-state index in [1.54, 1.807) is 24.3 Å². The maximum Gasteiger partial charge on any atom is 0.364 e. The van der Waals surface area contributed by atoms with Gasteiger partial charge in [-0.25, -0.2) is 4.79 Å². The number of ether oxygens (including phenoxy) is 6. The summed E-state index contributed by atoms with van der Waals surface area (Å²) < 4.78 is 33.1. The van der Waals surface area contributed by atoms with Gasteiger partial charge in [-0.1, -0.05) is 37.1 Å². The monoisotopic (exact) mass is 965 g/mol. The Morgan fingerprint density at radius 2 is 1.41 bits per heavy atom. The number of aliphatic carboxylic acids is 1. The third-order valence-electron chi connectivity index (χ3n) is 10.4. The molecule has 2 aromatic carbocycles. The molecule has 1 aliphatic heterocycles. The summed E-state index contributed by atoms with van der Waals surface area (Å²) >= 11 is 0. The van der Waals surface area contributed by atoms with Gasteiger partial charge < -0.3 is 80.5 Å². The number of nitrogens with one attached hydrogen (secondary N) is 6. The van der Waals surface area contributed by atoms with E-state index in [2.05, 4.69) is 47.2 Å². The number of unbranched alkanes of at least 4 members (excludes halogenated alkanes) is 3. The number of anilines is 2. The van der Waals surface area contributed by atoms with Gasteiger partial charge in [-0.15, -0.1) is 10.2 Å². The normalized spacial score (nSPS) is 19.0. The second kappa shape index (κ2) is 29.4. The van der Waals surface area contributed by atoms with Crippen LogP contribution in [0.4, 0.5) is 11.4 Å². The number of aliphatic hydroxyl groups excluding tert-OH is 4. The molecule has 0 aliphatic carbocycles. The zero-order valence-electron chi connectivity index (χ0n) is 37.8. The maximum atomic E-state index is 12.7. The van der Waals surface area contributed by atoms with Gasteiger partial charge in [-0.05, 0) is 23.6 Å². The molecule has 1 saturated heterocycles. The van der Waals surface area contributed by atoms with Gasteiger partial charge in [0.2, 0.25) is 23.5 Å². The first kappa shape index (κ1) is 55.0. The number of carbonyl (C=O) groups is 4. The van der Waals surface area contributed by atoms with Crippen molar-refractivity contribution in [3.63, 3.8) is 0 Å². The molecule has 11 N–H and O–H groups in total. The largest absolute Gasteiger partial charge is 0.477 e. The van der Waals surface area contributed by atoms with Crippen LogP contribution in [0.25, 0.3) is 11.4 Å². The van der Waals surface area contributed by atoms with Crippen molar-refractivity contribution < 1.29 is 73.1 Å². The van der Waals surface area contributed by atoms with E-state index in [0.717, 1.165) is 0 Å². The number of aromatic nitrogens is 4. The highest BCUT2D eigenvalue weighted by Gasteiger charge is 2.55. The molecular formula is C42H63N9O17. The number of aliphatic hydroxyl groups is 4. The summed E-state index contributed by atoms with van der Waals surface area (Å²) in [5, 5.41) is 79.7. The number of benzene rings is 1. The lowest BCUT2D eigenvalue weighted by Crippen LogP contribution is -2.68. The summed E-state index contributed by atoms with van der Waals surface area (Å²) in [5.74, 6) is -5.42. The molecule has 2 heterocycles. The quantitative estimate of drug-likeness (QED) is 0.0202. The molecule has 0 saturated carbocycles. The van der Waals surface area contributed by atoms with Crippen molar-refractivity contribution in [1.29, 1.82) is 0 Å². The van der Waals surface area contributed by atoms with Crippen LogP contribution in [0.15, 0.2) is 33.9 Å². The topological polar surface area (TPSA) is 374 Å². The average molecular weight is 966 g/mol. The Morgan fingerprint density at radius 1 is 0.809 bits per heavy atom. The third kappa shape index (κ3) is 17.8. The summed E-state index contributed by atoms with van der Waals surface area (Å²) in [7, 11) is 0. The van der Waals surface area contributed by atoms with Crippen LogP contribution < -0.4 is 37.4 Å². The first-order valence-corrected chi connectivity index (χ1v) is 22.2. The Morgan fingerprint density at radius 3 is 2.00 bits per heavy atom. The van der Waals surface area contributed by atoms with Crippen molar-refractivity contribution in [2.24, 2.45) is 0 Å². The molecule has 0 bridgehead atoms. The number of hydrogen-bond acceptors (Lipinski definition) is 21. The van der Waals surface area contributed by atoms with Crippen molar-refractivity contribution in [3.8, 4) is 11.4 Å². The number of nitrogens with zero attached hydrogens (tertiary/aromatic N) is 3. The zero-order valence-corrected chi connectivity index (χ0v) is 37.8. The number of carboxylic acid groups (broad SMARTS) is 1. The summed E-state index contributed by atoms with van der Waals surface area (Å²) in [6.45, 7) is 3.69. The molecule has 0 radical (unpaired) electrons. The van der Waals surface area contributed by atoms with Gasteiger partial charge in [0.05, 0.1) is 84.1 Å². The van der Waals surface area contributed by atoms with E-state index in [1.165, 1.54) is 6.92 Å². The molecular weight excluding hydrogens is 903 g/mol. The maximum absolute atomic E-state index is 12.7. The Bertz CT molecular complexity index is 2050. The number of carbonyl (C=O) groups excluding carboxylic acids is 3.